The number of nitriles is 1. The van der Waals surface area contributed by atoms with Gasteiger partial charge in [0, 0.05) is 0 Å². The molecule has 0 radical (unpaired) electrons. The molecule has 1 rings (SSSR count). The highest BCUT2D eigenvalue weighted by Gasteiger charge is 2.08. The van der Waals surface area contributed by atoms with E-state index in [1.807, 2.05) is 13.0 Å². The molecule has 0 spiro atoms. The van der Waals surface area contributed by atoms with E-state index in [0.29, 0.717) is 24.1 Å². The quantitative estimate of drug-likeness (QED) is 0.597. The first-order valence-electron chi connectivity index (χ1n) is 3.58. The Morgan fingerprint density at radius 3 is 3.00 bits per heavy atom. The van der Waals surface area contributed by atoms with Crippen molar-refractivity contribution < 1.29 is 4.79 Å². The van der Waals surface area contributed by atoms with E-state index < -0.39 is 0 Å². The normalized spacial score (nSPS) is 9.33. The van der Waals surface area contributed by atoms with Crippen LogP contribution in [-0.2, 0) is 13.0 Å². The van der Waals surface area contributed by atoms with Crippen LogP contribution < -0.4 is 0 Å². The number of rotatable bonds is 3. The Morgan fingerprint density at radius 2 is 2.50 bits per heavy atom. The Hall–Kier alpha value is -1.70. The van der Waals surface area contributed by atoms with E-state index in [0.717, 1.165) is 0 Å². The van der Waals surface area contributed by atoms with E-state index in [2.05, 4.69) is 10.3 Å². The van der Waals surface area contributed by atoms with Gasteiger partial charge < -0.3 is 0 Å². The number of nitrogens with zero attached hydrogens (tertiary/aromatic N) is 4. The zero-order valence-electron chi connectivity index (χ0n) is 6.69. The minimum atomic E-state index is 0.143. The van der Waals surface area contributed by atoms with Crippen LogP contribution >= 0.6 is 0 Å². The molecule has 0 N–H and O–H groups in total. The van der Waals surface area contributed by atoms with Crippen LogP contribution in [0, 0.1) is 11.3 Å². The lowest BCUT2D eigenvalue weighted by Crippen LogP contribution is -2.03. The highest BCUT2D eigenvalue weighted by Crippen LogP contribution is 2.02. The first-order chi connectivity index (χ1) is 5.83. The molecule has 1 heterocycles. The highest BCUT2D eigenvalue weighted by atomic mass is 16.1. The first kappa shape index (κ1) is 8.40. The van der Waals surface area contributed by atoms with Crippen molar-refractivity contribution in [3.05, 3.63) is 11.4 Å². The maximum atomic E-state index is 10.4. The number of carbonyl (C=O) groups excluding carboxylic acids is 1. The van der Waals surface area contributed by atoms with Gasteiger partial charge in [-0.1, -0.05) is 12.1 Å². The smallest absolute Gasteiger partial charge is 0.172 e. The van der Waals surface area contributed by atoms with Crippen LogP contribution in [0.2, 0.25) is 0 Å². The average Bonchev–Trinajstić information content (AvgIpc) is 2.47. The molecular formula is C7H8N4O. The van der Waals surface area contributed by atoms with Gasteiger partial charge in [0.05, 0.1) is 11.8 Å². The van der Waals surface area contributed by atoms with Gasteiger partial charge >= 0.3 is 0 Å². The fraction of sp³-hybridized carbons (Fsp3) is 0.429. The number of carbonyl (C=O) groups is 1. The predicted molar refractivity (Wildman–Crippen MR) is 40.4 cm³/mol. The van der Waals surface area contributed by atoms with Gasteiger partial charge in [0.25, 0.3) is 0 Å². The van der Waals surface area contributed by atoms with Crippen LogP contribution in [0.3, 0.4) is 0 Å². The van der Waals surface area contributed by atoms with E-state index in [9.17, 15) is 4.79 Å². The third-order valence-electron chi connectivity index (χ3n) is 1.53. The van der Waals surface area contributed by atoms with E-state index in [4.69, 9.17) is 5.26 Å². The monoisotopic (exact) mass is 164 g/mol. The predicted octanol–water partition coefficient (Wildman–Crippen LogP) is 0.177. The summed E-state index contributed by atoms with van der Waals surface area (Å²) in [6, 6.07) is 1.94. The molecule has 1 aromatic rings. The molecule has 0 aliphatic heterocycles. The van der Waals surface area contributed by atoms with Gasteiger partial charge in [0.2, 0.25) is 0 Å². The molecule has 12 heavy (non-hydrogen) atoms. The summed E-state index contributed by atoms with van der Waals surface area (Å²) < 4.78 is 1.43. The lowest BCUT2D eigenvalue weighted by molar-refractivity contribution is 0.111. The summed E-state index contributed by atoms with van der Waals surface area (Å²) in [5.41, 5.74) is 1.04. The minimum Gasteiger partial charge on any atom is -0.296 e. The van der Waals surface area contributed by atoms with Crippen molar-refractivity contribution in [3.8, 4) is 6.07 Å². The highest BCUT2D eigenvalue weighted by molar-refractivity contribution is 5.73. The van der Waals surface area contributed by atoms with E-state index in [1.54, 1.807) is 0 Å². The number of hydrogen-bond donors (Lipinski definition) is 0. The van der Waals surface area contributed by atoms with Crippen molar-refractivity contribution >= 4 is 6.29 Å². The standard InChI is InChI=1S/C7H8N4O/c1-2-7-6(5-12)9-10-11(7)4-3-8/h5H,2,4H2,1H3. The summed E-state index contributed by atoms with van der Waals surface area (Å²) in [6.07, 6.45) is 1.31. The zero-order chi connectivity index (χ0) is 8.97. The Labute approximate surface area is 69.6 Å². The minimum absolute atomic E-state index is 0.143. The Kier molecular flexibility index (Phi) is 2.53. The number of aldehydes is 1. The second-order valence-electron chi connectivity index (χ2n) is 2.21. The van der Waals surface area contributed by atoms with Crippen LogP contribution in [0.15, 0.2) is 0 Å². The van der Waals surface area contributed by atoms with Crippen molar-refractivity contribution in [3.63, 3.8) is 0 Å². The molecule has 5 heteroatoms. The molecule has 0 aliphatic rings. The molecule has 0 bridgehead atoms. The van der Waals surface area contributed by atoms with Crippen LogP contribution in [0.1, 0.15) is 23.1 Å². The number of hydrogen-bond acceptors (Lipinski definition) is 4. The molecule has 1 aromatic heterocycles. The molecule has 0 saturated heterocycles. The molecule has 0 atom stereocenters. The van der Waals surface area contributed by atoms with Crippen molar-refractivity contribution in [2.24, 2.45) is 0 Å². The zero-order valence-corrected chi connectivity index (χ0v) is 6.69. The first-order valence-corrected chi connectivity index (χ1v) is 3.58. The second-order valence-corrected chi connectivity index (χ2v) is 2.21. The SMILES string of the molecule is CCc1c(C=O)nnn1CC#N. The van der Waals surface area contributed by atoms with Crippen molar-refractivity contribution in [1.82, 2.24) is 15.0 Å². The van der Waals surface area contributed by atoms with E-state index >= 15 is 0 Å². The maximum absolute atomic E-state index is 10.4. The summed E-state index contributed by atoms with van der Waals surface area (Å²) in [6.45, 7) is 2.03. The fourth-order valence-electron chi connectivity index (χ4n) is 0.995. The third-order valence-corrected chi connectivity index (χ3v) is 1.53. The summed E-state index contributed by atoms with van der Waals surface area (Å²) in [5, 5.41) is 15.7. The lowest BCUT2D eigenvalue weighted by atomic mass is 10.3. The lowest BCUT2D eigenvalue weighted by Gasteiger charge is -1.96. The van der Waals surface area contributed by atoms with Crippen LogP contribution in [0.5, 0.6) is 0 Å². The summed E-state index contributed by atoms with van der Waals surface area (Å²) >= 11 is 0. The van der Waals surface area contributed by atoms with E-state index in [-0.39, 0.29) is 6.54 Å². The topological polar surface area (TPSA) is 71.6 Å². The Bertz CT molecular complexity index is 323. The molecular weight excluding hydrogens is 156 g/mol. The molecule has 0 amide bonds. The van der Waals surface area contributed by atoms with Gasteiger partial charge in [-0.05, 0) is 6.42 Å². The van der Waals surface area contributed by atoms with Crippen molar-refractivity contribution in [2.75, 3.05) is 0 Å². The molecule has 5 nitrogen and oxygen atoms in total. The summed E-state index contributed by atoms with van der Waals surface area (Å²) in [5.74, 6) is 0. The van der Waals surface area contributed by atoms with Crippen LogP contribution in [0.25, 0.3) is 0 Å². The Morgan fingerprint density at radius 1 is 1.75 bits per heavy atom. The Balaban J connectivity index is 3.06. The molecule has 0 saturated carbocycles. The largest absolute Gasteiger partial charge is 0.296 e. The van der Waals surface area contributed by atoms with Gasteiger partial charge in [0.1, 0.15) is 12.2 Å². The van der Waals surface area contributed by atoms with Crippen LogP contribution in [0.4, 0.5) is 0 Å². The fourth-order valence-corrected chi connectivity index (χ4v) is 0.995. The maximum Gasteiger partial charge on any atom is 0.172 e. The van der Waals surface area contributed by atoms with Gasteiger partial charge in [0.15, 0.2) is 6.29 Å². The van der Waals surface area contributed by atoms with Gasteiger partial charge in [-0.15, -0.1) is 5.10 Å². The third kappa shape index (κ3) is 1.32. The van der Waals surface area contributed by atoms with Crippen molar-refractivity contribution in [2.45, 2.75) is 19.9 Å². The van der Waals surface area contributed by atoms with Gasteiger partial charge in [-0.2, -0.15) is 5.26 Å². The average molecular weight is 164 g/mol. The van der Waals surface area contributed by atoms with Gasteiger partial charge in [-0.25, -0.2) is 4.68 Å². The van der Waals surface area contributed by atoms with E-state index in [1.165, 1.54) is 4.68 Å². The molecule has 0 unspecified atom stereocenters. The second kappa shape index (κ2) is 3.62. The molecule has 62 valence electrons. The molecule has 0 aliphatic carbocycles. The van der Waals surface area contributed by atoms with Gasteiger partial charge in [-0.3, -0.25) is 4.79 Å². The number of aromatic nitrogens is 3. The molecule has 0 fully saturated rings. The van der Waals surface area contributed by atoms with Crippen molar-refractivity contribution in [1.29, 1.82) is 5.26 Å². The van der Waals surface area contributed by atoms with Crippen LogP contribution in [-0.4, -0.2) is 21.3 Å². The summed E-state index contributed by atoms with van der Waals surface area (Å²) in [4.78, 5) is 10.4. The summed E-state index contributed by atoms with van der Waals surface area (Å²) in [7, 11) is 0. The molecule has 0 aromatic carbocycles.